The number of hydrogen-bond acceptors (Lipinski definition) is 2. The third-order valence-electron chi connectivity index (χ3n) is 4.52. The van der Waals surface area contributed by atoms with Crippen molar-refractivity contribution in [1.29, 1.82) is 0 Å². The molecule has 1 atom stereocenters. The smallest absolute Gasteiger partial charge is 0.0358 e. The first kappa shape index (κ1) is 12.6. The second-order valence-electron chi connectivity index (χ2n) is 5.86. The third kappa shape index (κ3) is 2.38. The van der Waals surface area contributed by atoms with E-state index in [1.54, 1.807) is 0 Å². The van der Waals surface area contributed by atoms with Crippen molar-refractivity contribution in [2.24, 2.45) is 11.1 Å². The maximum Gasteiger partial charge on any atom is 0.0358 e. The number of benzene rings is 1. The fourth-order valence-corrected chi connectivity index (χ4v) is 3.06. The van der Waals surface area contributed by atoms with Gasteiger partial charge in [0.2, 0.25) is 0 Å². The van der Waals surface area contributed by atoms with Crippen LogP contribution in [0, 0.1) is 5.41 Å². The number of rotatable bonds is 4. The maximum atomic E-state index is 6.05. The minimum Gasteiger partial charge on any atom is -0.329 e. The predicted octanol–water partition coefficient (Wildman–Crippen LogP) is 2.68. The van der Waals surface area contributed by atoms with Crippen LogP contribution >= 0.6 is 0 Å². The Morgan fingerprint density at radius 2 is 1.88 bits per heavy atom. The molecule has 1 aliphatic rings. The van der Waals surface area contributed by atoms with E-state index in [1.807, 2.05) is 0 Å². The lowest BCUT2D eigenvalue weighted by Gasteiger charge is -2.42. The van der Waals surface area contributed by atoms with E-state index < -0.39 is 0 Å². The average molecular weight is 232 g/mol. The van der Waals surface area contributed by atoms with Crippen molar-refractivity contribution in [3.8, 4) is 0 Å². The summed E-state index contributed by atoms with van der Waals surface area (Å²) in [6, 6.07) is 10.6. The standard InChI is InChI=1S/C15H24N2/c1-14(2)9-6-10-15(14,12-16)17-11-13-7-4-3-5-8-13/h3-5,7-8,17H,6,9-12,16H2,1-2H3. The first-order valence-electron chi connectivity index (χ1n) is 6.59. The van der Waals surface area contributed by atoms with E-state index in [0.717, 1.165) is 13.1 Å². The molecular weight excluding hydrogens is 208 g/mol. The molecule has 2 heteroatoms. The molecular formula is C15H24N2. The molecule has 0 aliphatic heterocycles. The van der Waals surface area contributed by atoms with Crippen LogP contribution in [-0.2, 0) is 6.54 Å². The van der Waals surface area contributed by atoms with Crippen LogP contribution in [0.25, 0.3) is 0 Å². The molecule has 0 radical (unpaired) electrons. The first-order chi connectivity index (χ1) is 8.10. The summed E-state index contributed by atoms with van der Waals surface area (Å²) in [6.45, 7) is 6.32. The molecule has 0 heterocycles. The molecule has 2 rings (SSSR count). The Morgan fingerprint density at radius 1 is 1.18 bits per heavy atom. The maximum absolute atomic E-state index is 6.05. The normalized spacial score (nSPS) is 27.2. The summed E-state index contributed by atoms with van der Waals surface area (Å²) in [4.78, 5) is 0. The minimum atomic E-state index is 0.114. The molecule has 0 amide bonds. The predicted molar refractivity (Wildman–Crippen MR) is 72.7 cm³/mol. The number of nitrogens with one attached hydrogen (secondary N) is 1. The van der Waals surface area contributed by atoms with Crippen molar-refractivity contribution in [2.75, 3.05) is 6.54 Å². The van der Waals surface area contributed by atoms with Gasteiger partial charge in [-0.2, -0.15) is 0 Å². The van der Waals surface area contributed by atoms with Crippen molar-refractivity contribution in [3.63, 3.8) is 0 Å². The molecule has 17 heavy (non-hydrogen) atoms. The molecule has 94 valence electrons. The van der Waals surface area contributed by atoms with Gasteiger partial charge in [-0.3, -0.25) is 0 Å². The van der Waals surface area contributed by atoms with Crippen molar-refractivity contribution < 1.29 is 0 Å². The van der Waals surface area contributed by atoms with Crippen LogP contribution in [0.3, 0.4) is 0 Å². The van der Waals surface area contributed by atoms with Crippen molar-refractivity contribution in [3.05, 3.63) is 35.9 Å². The van der Waals surface area contributed by atoms with Gasteiger partial charge in [-0.15, -0.1) is 0 Å². The molecule has 0 spiro atoms. The summed E-state index contributed by atoms with van der Waals surface area (Å²) >= 11 is 0. The molecule has 1 saturated carbocycles. The van der Waals surface area contributed by atoms with Crippen molar-refractivity contribution in [2.45, 2.75) is 45.2 Å². The van der Waals surface area contributed by atoms with Crippen molar-refractivity contribution >= 4 is 0 Å². The zero-order chi connectivity index (χ0) is 12.4. The average Bonchev–Trinajstić information content (AvgIpc) is 2.64. The monoisotopic (exact) mass is 232 g/mol. The van der Waals surface area contributed by atoms with Gasteiger partial charge in [0.1, 0.15) is 0 Å². The summed E-state index contributed by atoms with van der Waals surface area (Å²) in [6.07, 6.45) is 3.75. The Balaban J connectivity index is 2.06. The van der Waals surface area contributed by atoms with E-state index >= 15 is 0 Å². The van der Waals surface area contributed by atoms with Crippen LogP contribution in [-0.4, -0.2) is 12.1 Å². The Labute approximate surface area is 105 Å². The topological polar surface area (TPSA) is 38.0 Å². The summed E-state index contributed by atoms with van der Waals surface area (Å²) in [5, 5.41) is 3.73. The van der Waals surface area contributed by atoms with Gasteiger partial charge in [-0.05, 0) is 23.8 Å². The Bertz CT molecular complexity index is 358. The highest BCUT2D eigenvalue weighted by molar-refractivity contribution is 5.16. The van der Waals surface area contributed by atoms with Gasteiger partial charge >= 0.3 is 0 Å². The SMILES string of the molecule is CC1(C)CCCC1(CN)NCc1ccccc1. The highest BCUT2D eigenvalue weighted by atomic mass is 15.0. The Morgan fingerprint density at radius 3 is 2.41 bits per heavy atom. The van der Waals surface area contributed by atoms with E-state index in [0.29, 0.717) is 5.41 Å². The minimum absolute atomic E-state index is 0.114. The molecule has 1 aromatic rings. The van der Waals surface area contributed by atoms with Gasteiger partial charge in [0.05, 0.1) is 0 Å². The fraction of sp³-hybridized carbons (Fsp3) is 0.600. The van der Waals surface area contributed by atoms with Gasteiger partial charge in [0.25, 0.3) is 0 Å². The summed E-state index contributed by atoms with van der Waals surface area (Å²) in [5.41, 5.74) is 7.80. The third-order valence-corrected chi connectivity index (χ3v) is 4.52. The summed E-state index contributed by atoms with van der Waals surface area (Å²) < 4.78 is 0. The molecule has 1 aromatic carbocycles. The van der Waals surface area contributed by atoms with E-state index in [1.165, 1.54) is 24.8 Å². The number of hydrogen-bond donors (Lipinski definition) is 2. The second kappa shape index (κ2) is 4.79. The lowest BCUT2D eigenvalue weighted by atomic mass is 9.75. The van der Waals surface area contributed by atoms with Crippen LogP contribution in [0.1, 0.15) is 38.7 Å². The molecule has 1 unspecified atom stereocenters. The van der Waals surface area contributed by atoms with Crippen LogP contribution in [0.2, 0.25) is 0 Å². The molecule has 3 N–H and O–H groups in total. The van der Waals surface area contributed by atoms with Crippen LogP contribution in [0.4, 0.5) is 0 Å². The largest absolute Gasteiger partial charge is 0.329 e. The molecule has 0 aromatic heterocycles. The van der Waals surface area contributed by atoms with Crippen LogP contribution in [0.15, 0.2) is 30.3 Å². The fourth-order valence-electron chi connectivity index (χ4n) is 3.06. The lowest BCUT2D eigenvalue weighted by Crippen LogP contribution is -2.57. The van der Waals surface area contributed by atoms with Gasteiger partial charge < -0.3 is 11.1 Å². The van der Waals surface area contributed by atoms with E-state index in [9.17, 15) is 0 Å². The zero-order valence-electron chi connectivity index (χ0n) is 11.0. The molecule has 1 fully saturated rings. The van der Waals surface area contributed by atoms with Crippen molar-refractivity contribution in [1.82, 2.24) is 5.32 Å². The van der Waals surface area contributed by atoms with Gasteiger partial charge in [-0.25, -0.2) is 0 Å². The zero-order valence-corrected chi connectivity index (χ0v) is 11.0. The Hall–Kier alpha value is -0.860. The molecule has 2 nitrogen and oxygen atoms in total. The molecule has 0 saturated heterocycles. The highest BCUT2D eigenvalue weighted by Crippen LogP contribution is 2.45. The van der Waals surface area contributed by atoms with E-state index in [4.69, 9.17) is 5.73 Å². The van der Waals surface area contributed by atoms with E-state index in [2.05, 4.69) is 49.5 Å². The highest BCUT2D eigenvalue weighted by Gasteiger charge is 2.47. The number of nitrogens with two attached hydrogens (primary N) is 1. The first-order valence-corrected chi connectivity index (χ1v) is 6.59. The Kier molecular flexibility index (Phi) is 3.55. The van der Waals surface area contributed by atoms with Crippen LogP contribution in [0.5, 0.6) is 0 Å². The second-order valence-corrected chi connectivity index (χ2v) is 5.86. The summed E-state index contributed by atoms with van der Waals surface area (Å²) in [5.74, 6) is 0. The van der Waals surface area contributed by atoms with Gasteiger partial charge in [-0.1, -0.05) is 50.6 Å². The van der Waals surface area contributed by atoms with E-state index in [-0.39, 0.29) is 5.54 Å². The van der Waals surface area contributed by atoms with Gasteiger partial charge in [0.15, 0.2) is 0 Å². The van der Waals surface area contributed by atoms with Gasteiger partial charge in [0, 0.05) is 18.6 Å². The quantitative estimate of drug-likeness (QED) is 0.837. The molecule has 0 bridgehead atoms. The molecule has 1 aliphatic carbocycles. The van der Waals surface area contributed by atoms with Crippen LogP contribution < -0.4 is 11.1 Å². The lowest BCUT2D eigenvalue weighted by molar-refractivity contribution is 0.162. The summed E-state index contributed by atoms with van der Waals surface area (Å²) in [7, 11) is 0.